The van der Waals surface area contributed by atoms with E-state index in [1.54, 1.807) is 17.0 Å². The van der Waals surface area contributed by atoms with Crippen LogP contribution in [0.2, 0.25) is 0 Å². The van der Waals surface area contributed by atoms with Crippen LogP contribution in [0.15, 0.2) is 65.1 Å². The average molecular weight is 415 g/mol. The molecule has 30 heavy (non-hydrogen) atoms. The van der Waals surface area contributed by atoms with E-state index in [0.717, 1.165) is 30.5 Å². The third kappa shape index (κ3) is 4.20. The molecule has 0 spiro atoms. The van der Waals surface area contributed by atoms with Gasteiger partial charge in [0.15, 0.2) is 5.76 Å². The van der Waals surface area contributed by atoms with Crippen molar-refractivity contribution in [1.82, 2.24) is 4.90 Å². The summed E-state index contributed by atoms with van der Waals surface area (Å²) in [6.07, 6.45) is -2.86. The van der Waals surface area contributed by atoms with E-state index in [1.807, 2.05) is 12.1 Å². The fraction of sp³-hybridized carbons (Fsp3) is 0.261. The highest BCUT2D eigenvalue weighted by molar-refractivity contribution is 5.92. The standard InChI is InChI=1S/C23H20F3NO3/c24-23(25,26)18-3-1-2-17(14-18)20-8-9-21(30-20)22(29)27-12-10-16(11-13-27)15-4-6-19(28)7-5-15/h1-9,14,16,28H,10-13H2. The third-order valence-corrected chi connectivity index (χ3v) is 5.44. The zero-order valence-corrected chi connectivity index (χ0v) is 16.0. The van der Waals surface area contributed by atoms with Crippen molar-refractivity contribution in [2.24, 2.45) is 0 Å². The molecule has 1 aliphatic heterocycles. The molecule has 3 aromatic rings. The van der Waals surface area contributed by atoms with Crippen molar-refractivity contribution >= 4 is 5.91 Å². The number of alkyl halides is 3. The van der Waals surface area contributed by atoms with Crippen LogP contribution < -0.4 is 0 Å². The Morgan fingerprint density at radius 2 is 1.70 bits per heavy atom. The van der Waals surface area contributed by atoms with Gasteiger partial charge in [-0.2, -0.15) is 13.2 Å². The number of phenolic OH excluding ortho intramolecular Hbond substituents is 1. The van der Waals surface area contributed by atoms with Gasteiger partial charge in [-0.05, 0) is 60.7 Å². The molecule has 1 saturated heterocycles. The van der Waals surface area contributed by atoms with Crippen LogP contribution in [0, 0.1) is 0 Å². The normalized spacial score (nSPS) is 15.4. The second-order valence-electron chi connectivity index (χ2n) is 7.40. The molecule has 0 bridgehead atoms. The monoisotopic (exact) mass is 415 g/mol. The molecule has 1 amide bonds. The maximum absolute atomic E-state index is 12.9. The number of hydrogen-bond donors (Lipinski definition) is 1. The van der Waals surface area contributed by atoms with Crippen molar-refractivity contribution in [2.75, 3.05) is 13.1 Å². The van der Waals surface area contributed by atoms with Crippen LogP contribution >= 0.6 is 0 Å². The Morgan fingerprint density at radius 3 is 2.37 bits per heavy atom. The summed E-state index contributed by atoms with van der Waals surface area (Å²) in [7, 11) is 0. The molecule has 4 nitrogen and oxygen atoms in total. The van der Waals surface area contributed by atoms with E-state index in [9.17, 15) is 23.1 Å². The van der Waals surface area contributed by atoms with E-state index in [2.05, 4.69) is 0 Å². The molecule has 0 saturated carbocycles. The fourth-order valence-corrected chi connectivity index (χ4v) is 3.77. The Labute approximate surface area is 171 Å². The van der Waals surface area contributed by atoms with Crippen LogP contribution in [-0.2, 0) is 6.18 Å². The smallest absolute Gasteiger partial charge is 0.416 e. The molecule has 1 aliphatic rings. The summed E-state index contributed by atoms with van der Waals surface area (Å²) in [6, 6.07) is 15.0. The van der Waals surface area contributed by atoms with Crippen molar-refractivity contribution < 1.29 is 27.5 Å². The van der Waals surface area contributed by atoms with Gasteiger partial charge in [0.1, 0.15) is 11.5 Å². The van der Waals surface area contributed by atoms with Crippen molar-refractivity contribution in [1.29, 1.82) is 0 Å². The summed E-state index contributed by atoms with van der Waals surface area (Å²) in [5.41, 5.74) is 0.639. The molecule has 1 fully saturated rings. The minimum absolute atomic E-state index is 0.116. The van der Waals surface area contributed by atoms with Crippen LogP contribution in [0.5, 0.6) is 5.75 Å². The highest BCUT2D eigenvalue weighted by Crippen LogP contribution is 2.33. The summed E-state index contributed by atoms with van der Waals surface area (Å²) >= 11 is 0. The van der Waals surface area contributed by atoms with E-state index in [1.165, 1.54) is 24.3 Å². The van der Waals surface area contributed by atoms with E-state index in [-0.39, 0.29) is 28.7 Å². The number of carbonyl (C=O) groups is 1. The average Bonchev–Trinajstić information content (AvgIpc) is 3.24. The van der Waals surface area contributed by atoms with Gasteiger partial charge in [-0.25, -0.2) is 0 Å². The van der Waals surface area contributed by atoms with E-state index in [0.29, 0.717) is 19.0 Å². The van der Waals surface area contributed by atoms with Crippen molar-refractivity contribution in [3.8, 4) is 17.1 Å². The SMILES string of the molecule is O=C(c1ccc(-c2cccc(C(F)(F)F)c2)o1)N1CCC(c2ccc(O)cc2)CC1. The maximum Gasteiger partial charge on any atom is 0.416 e. The number of aromatic hydroxyl groups is 1. The fourth-order valence-electron chi connectivity index (χ4n) is 3.77. The number of halogens is 3. The molecule has 0 atom stereocenters. The van der Waals surface area contributed by atoms with Crippen LogP contribution in [0.3, 0.4) is 0 Å². The Morgan fingerprint density at radius 1 is 1.00 bits per heavy atom. The number of rotatable bonds is 3. The predicted molar refractivity (Wildman–Crippen MR) is 105 cm³/mol. The summed E-state index contributed by atoms with van der Waals surface area (Å²) in [6.45, 7) is 1.12. The van der Waals surface area contributed by atoms with Crippen LogP contribution in [0.1, 0.15) is 40.4 Å². The largest absolute Gasteiger partial charge is 0.508 e. The van der Waals surface area contributed by atoms with Gasteiger partial charge in [0.05, 0.1) is 5.56 Å². The molecule has 2 heterocycles. The number of phenols is 1. The first kappa shape index (κ1) is 20.1. The molecule has 4 rings (SSSR count). The van der Waals surface area contributed by atoms with E-state index < -0.39 is 11.7 Å². The van der Waals surface area contributed by atoms with Crippen LogP contribution in [0.4, 0.5) is 13.2 Å². The summed E-state index contributed by atoms with van der Waals surface area (Å²) in [5, 5.41) is 9.42. The molecule has 156 valence electrons. The van der Waals surface area contributed by atoms with E-state index >= 15 is 0 Å². The first-order valence-electron chi connectivity index (χ1n) is 9.67. The highest BCUT2D eigenvalue weighted by atomic mass is 19.4. The van der Waals surface area contributed by atoms with E-state index in [4.69, 9.17) is 4.42 Å². The Balaban J connectivity index is 1.43. The first-order valence-corrected chi connectivity index (χ1v) is 9.67. The maximum atomic E-state index is 12.9. The van der Waals surface area contributed by atoms with Gasteiger partial charge in [-0.3, -0.25) is 4.79 Å². The number of hydrogen-bond acceptors (Lipinski definition) is 3. The summed E-state index contributed by atoms with van der Waals surface area (Å²) in [5.74, 6) is 0.610. The quantitative estimate of drug-likeness (QED) is 0.598. The molecule has 1 aromatic heterocycles. The number of nitrogens with zero attached hydrogens (tertiary/aromatic N) is 1. The summed E-state index contributed by atoms with van der Waals surface area (Å²) in [4.78, 5) is 14.5. The zero-order chi connectivity index (χ0) is 21.3. The number of furan rings is 1. The lowest BCUT2D eigenvalue weighted by atomic mass is 9.89. The Bertz CT molecular complexity index is 1030. The lowest BCUT2D eigenvalue weighted by Crippen LogP contribution is -2.37. The topological polar surface area (TPSA) is 53.7 Å². The van der Waals surface area contributed by atoms with Gasteiger partial charge < -0.3 is 14.4 Å². The minimum Gasteiger partial charge on any atom is -0.508 e. The van der Waals surface area contributed by atoms with Crippen molar-refractivity contribution in [3.05, 3.63) is 77.6 Å². The zero-order valence-electron chi connectivity index (χ0n) is 16.0. The Kier molecular flexibility index (Phi) is 5.28. The molecule has 7 heteroatoms. The van der Waals surface area contributed by atoms with Gasteiger partial charge >= 0.3 is 6.18 Å². The molecular weight excluding hydrogens is 395 g/mol. The van der Waals surface area contributed by atoms with Gasteiger partial charge in [0, 0.05) is 18.7 Å². The second-order valence-corrected chi connectivity index (χ2v) is 7.40. The number of likely N-dealkylation sites (tertiary alicyclic amines) is 1. The lowest BCUT2D eigenvalue weighted by Gasteiger charge is -2.31. The molecule has 2 aromatic carbocycles. The number of amides is 1. The molecule has 0 unspecified atom stereocenters. The van der Waals surface area contributed by atoms with Crippen LogP contribution in [0.25, 0.3) is 11.3 Å². The number of piperidine rings is 1. The van der Waals surface area contributed by atoms with Gasteiger partial charge in [0.25, 0.3) is 5.91 Å². The van der Waals surface area contributed by atoms with Gasteiger partial charge in [-0.1, -0.05) is 24.3 Å². The van der Waals surface area contributed by atoms with Crippen molar-refractivity contribution in [2.45, 2.75) is 24.9 Å². The Hall–Kier alpha value is -3.22. The number of benzene rings is 2. The minimum atomic E-state index is -4.44. The highest BCUT2D eigenvalue weighted by Gasteiger charge is 2.31. The lowest BCUT2D eigenvalue weighted by molar-refractivity contribution is -0.137. The number of carbonyl (C=O) groups excluding carboxylic acids is 1. The third-order valence-electron chi connectivity index (χ3n) is 5.44. The summed E-state index contributed by atoms with van der Waals surface area (Å²) < 4.78 is 44.4. The van der Waals surface area contributed by atoms with Crippen LogP contribution in [-0.4, -0.2) is 29.0 Å². The molecule has 0 radical (unpaired) electrons. The second kappa shape index (κ2) is 7.89. The van der Waals surface area contributed by atoms with Gasteiger partial charge in [0.2, 0.25) is 0 Å². The van der Waals surface area contributed by atoms with Gasteiger partial charge in [-0.15, -0.1) is 0 Å². The molecular formula is C23H20F3NO3. The molecule has 0 aliphatic carbocycles. The predicted octanol–water partition coefficient (Wildman–Crippen LogP) is 5.69. The first-order chi connectivity index (χ1) is 14.3. The van der Waals surface area contributed by atoms with Crippen molar-refractivity contribution in [3.63, 3.8) is 0 Å². The molecule has 1 N–H and O–H groups in total.